The van der Waals surface area contributed by atoms with Crippen LogP contribution < -0.4 is 4.90 Å². The molecule has 7 heteroatoms. The summed E-state index contributed by atoms with van der Waals surface area (Å²) < 4.78 is 17.1. The number of nitrogens with zero attached hydrogens (tertiary/aromatic N) is 5. The number of rotatable bonds is 6. The molecular formula is C31H32FN5O. The molecular weight excluding hydrogens is 477 g/mol. The fourth-order valence-electron chi connectivity index (χ4n) is 6.61. The van der Waals surface area contributed by atoms with E-state index < -0.39 is 0 Å². The molecule has 38 heavy (non-hydrogen) atoms. The molecule has 1 amide bonds. The number of halogens is 1. The molecule has 2 atom stereocenters. The lowest BCUT2D eigenvalue weighted by Gasteiger charge is -2.30. The highest BCUT2D eigenvalue weighted by Gasteiger charge is 2.38. The fraction of sp³-hybridized carbons (Fsp3) is 0.387. The van der Waals surface area contributed by atoms with Gasteiger partial charge in [-0.3, -0.25) is 14.6 Å². The highest BCUT2D eigenvalue weighted by molar-refractivity contribution is 6.28. The molecule has 0 radical (unpaired) electrons. The molecule has 2 fully saturated rings. The topological polar surface area (TPSA) is 54.3 Å². The van der Waals surface area contributed by atoms with Gasteiger partial charge in [0.15, 0.2) is 0 Å². The van der Waals surface area contributed by atoms with Crippen molar-refractivity contribution in [1.82, 2.24) is 19.7 Å². The van der Waals surface area contributed by atoms with Crippen LogP contribution in [0, 0.1) is 17.7 Å². The Balaban J connectivity index is 1.28. The van der Waals surface area contributed by atoms with E-state index in [9.17, 15) is 4.79 Å². The molecule has 0 unspecified atom stereocenters. The average Bonchev–Trinajstić information content (AvgIpc) is 3.59. The van der Waals surface area contributed by atoms with Crippen LogP contribution in [0.4, 0.5) is 15.8 Å². The van der Waals surface area contributed by atoms with Gasteiger partial charge in [-0.15, -0.1) is 10.2 Å². The smallest absolute Gasteiger partial charge is 0.263 e. The number of hydrogen-bond acceptors (Lipinski definition) is 4. The summed E-state index contributed by atoms with van der Waals surface area (Å²) in [5, 5.41) is 9.77. The third-order valence-electron chi connectivity index (χ3n) is 8.53. The maximum Gasteiger partial charge on any atom is 0.263 e. The summed E-state index contributed by atoms with van der Waals surface area (Å²) in [6.07, 6.45) is 6.49. The summed E-state index contributed by atoms with van der Waals surface area (Å²) >= 11 is 0. The van der Waals surface area contributed by atoms with Crippen LogP contribution >= 0.6 is 0 Å². The molecule has 1 aromatic heterocycles. The molecule has 1 aliphatic carbocycles. The second-order valence-corrected chi connectivity index (χ2v) is 11.5. The van der Waals surface area contributed by atoms with Crippen LogP contribution in [0.1, 0.15) is 65.8 Å². The van der Waals surface area contributed by atoms with Gasteiger partial charge in [0.05, 0.1) is 11.3 Å². The lowest BCUT2D eigenvalue weighted by Crippen LogP contribution is -2.33. The van der Waals surface area contributed by atoms with Gasteiger partial charge in [0.25, 0.3) is 5.91 Å². The largest absolute Gasteiger partial charge is 0.320 e. The van der Waals surface area contributed by atoms with Crippen LogP contribution in [0.3, 0.4) is 0 Å². The second-order valence-electron chi connectivity index (χ2n) is 11.5. The number of piperidine rings is 1. The molecule has 0 N–H and O–H groups in total. The van der Waals surface area contributed by atoms with Gasteiger partial charge in [0.1, 0.15) is 18.0 Å². The summed E-state index contributed by atoms with van der Waals surface area (Å²) in [6.45, 7) is 5.10. The van der Waals surface area contributed by atoms with Crippen molar-refractivity contribution < 1.29 is 9.18 Å². The molecule has 3 aromatic carbocycles. The minimum absolute atomic E-state index is 0.0942. The third-order valence-corrected chi connectivity index (χ3v) is 8.53. The zero-order chi connectivity index (χ0) is 26.0. The van der Waals surface area contributed by atoms with Gasteiger partial charge in [0, 0.05) is 42.5 Å². The summed E-state index contributed by atoms with van der Waals surface area (Å²) in [4.78, 5) is 18.1. The van der Waals surface area contributed by atoms with Crippen LogP contribution in [0.5, 0.6) is 0 Å². The quantitative estimate of drug-likeness (QED) is 0.312. The molecule has 3 heterocycles. The number of aromatic nitrogens is 3. The SMILES string of the molecule is C[C@H]1CCCN(Cc2cc3c4c(ccc(F)c4c2)N(c2cccc([C@H](c4nncn4C)C4CC4)c2)C3=O)C1. The zero-order valence-electron chi connectivity index (χ0n) is 21.9. The van der Waals surface area contributed by atoms with Crippen molar-refractivity contribution in [1.29, 1.82) is 0 Å². The van der Waals surface area contributed by atoms with Gasteiger partial charge in [-0.1, -0.05) is 19.1 Å². The molecule has 4 aromatic rings. The van der Waals surface area contributed by atoms with Gasteiger partial charge >= 0.3 is 0 Å². The van der Waals surface area contributed by atoms with Crippen molar-refractivity contribution in [3.8, 4) is 0 Å². The molecule has 6 nitrogen and oxygen atoms in total. The van der Waals surface area contributed by atoms with E-state index in [0.717, 1.165) is 60.8 Å². The highest BCUT2D eigenvalue weighted by atomic mass is 19.1. The Kier molecular flexibility index (Phi) is 5.58. The van der Waals surface area contributed by atoms with Gasteiger partial charge in [-0.25, -0.2) is 4.39 Å². The van der Waals surface area contributed by atoms with Crippen LogP contribution in [-0.2, 0) is 13.6 Å². The van der Waals surface area contributed by atoms with Gasteiger partial charge < -0.3 is 4.57 Å². The van der Waals surface area contributed by atoms with Crippen LogP contribution in [0.15, 0.2) is 54.9 Å². The van der Waals surface area contributed by atoms with Crippen molar-refractivity contribution >= 4 is 28.1 Å². The lowest BCUT2D eigenvalue weighted by molar-refractivity contribution is 0.100. The summed E-state index contributed by atoms with van der Waals surface area (Å²) in [6, 6.07) is 15.4. The fourth-order valence-corrected chi connectivity index (χ4v) is 6.61. The van der Waals surface area contributed by atoms with E-state index in [1.165, 1.54) is 18.9 Å². The van der Waals surface area contributed by atoms with Crippen LogP contribution in [0.2, 0.25) is 0 Å². The number of amides is 1. The van der Waals surface area contributed by atoms with E-state index in [4.69, 9.17) is 0 Å². The van der Waals surface area contributed by atoms with Gasteiger partial charge in [0.2, 0.25) is 0 Å². The first-order valence-corrected chi connectivity index (χ1v) is 13.7. The molecule has 0 bridgehead atoms. The molecule has 3 aliphatic rings. The Labute approximate surface area is 222 Å². The van der Waals surface area contributed by atoms with Crippen molar-refractivity contribution in [2.75, 3.05) is 18.0 Å². The van der Waals surface area contributed by atoms with E-state index in [1.807, 2.05) is 35.9 Å². The number of carbonyl (C=O) groups excluding carboxylic acids is 1. The van der Waals surface area contributed by atoms with Crippen LogP contribution in [0.25, 0.3) is 10.8 Å². The van der Waals surface area contributed by atoms with Crippen molar-refractivity contribution in [3.05, 3.63) is 83.2 Å². The second kappa shape index (κ2) is 9.02. The molecule has 1 saturated carbocycles. The maximum atomic E-state index is 15.2. The van der Waals surface area contributed by atoms with Crippen molar-refractivity contribution in [3.63, 3.8) is 0 Å². The van der Waals surface area contributed by atoms with E-state index in [-0.39, 0.29) is 17.6 Å². The number of hydrogen-bond donors (Lipinski definition) is 0. The number of carbonyl (C=O) groups is 1. The minimum Gasteiger partial charge on any atom is -0.320 e. The normalized spacial score (nSPS) is 20.4. The van der Waals surface area contributed by atoms with Crippen molar-refractivity contribution in [2.45, 2.75) is 45.1 Å². The van der Waals surface area contributed by atoms with E-state index in [2.05, 4.69) is 34.2 Å². The van der Waals surface area contributed by atoms with E-state index in [0.29, 0.717) is 28.2 Å². The van der Waals surface area contributed by atoms with Gasteiger partial charge in [-0.05, 0) is 91.6 Å². The zero-order valence-corrected chi connectivity index (χ0v) is 21.9. The predicted octanol–water partition coefficient (Wildman–Crippen LogP) is 6.17. The van der Waals surface area contributed by atoms with Crippen LogP contribution in [-0.4, -0.2) is 38.7 Å². The average molecular weight is 510 g/mol. The Morgan fingerprint density at radius 2 is 1.97 bits per heavy atom. The van der Waals surface area contributed by atoms with Gasteiger partial charge in [-0.2, -0.15) is 0 Å². The monoisotopic (exact) mass is 509 g/mol. The lowest BCUT2D eigenvalue weighted by atomic mass is 9.92. The third kappa shape index (κ3) is 3.91. The Bertz CT molecular complexity index is 1560. The standard InChI is InChI=1S/C31H32FN5O/c1-19-5-4-12-36(16-19)17-20-13-24-26(32)10-11-27-29(24)25(14-20)31(38)37(27)23-7-3-6-22(15-23)28(21-8-9-21)30-34-33-18-35(30)2/h3,6-7,10-11,13-15,18-19,21,28H,4-5,8-9,12,16-17H2,1-2H3/t19-,28+/m0/s1. The minimum atomic E-state index is -0.279. The van der Waals surface area contributed by atoms with E-state index >= 15 is 4.39 Å². The Morgan fingerprint density at radius 1 is 1.11 bits per heavy atom. The summed E-state index contributed by atoms with van der Waals surface area (Å²) in [5.41, 5.74) is 4.27. The molecule has 7 rings (SSSR count). The molecule has 0 spiro atoms. The highest BCUT2D eigenvalue weighted by Crippen LogP contribution is 2.48. The summed E-state index contributed by atoms with van der Waals surface area (Å²) in [7, 11) is 1.98. The first-order chi connectivity index (χ1) is 18.5. The summed E-state index contributed by atoms with van der Waals surface area (Å²) in [5.74, 6) is 1.89. The number of benzene rings is 3. The Hall–Kier alpha value is -3.58. The molecule has 2 aliphatic heterocycles. The van der Waals surface area contributed by atoms with E-state index in [1.54, 1.807) is 17.3 Å². The van der Waals surface area contributed by atoms with Crippen molar-refractivity contribution in [2.24, 2.45) is 18.9 Å². The Morgan fingerprint density at radius 3 is 2.74 bits per heavy atom. The number of anilines is 2. The predicted molar refractivity (Wildman–Crippen MR) is 146 cm³/mol. The molecule has 194 valence electrons. The number of aryl methyl sites for hydroxylation is 1. The number of likely N-dealkylation sites (tertiary alicyclic amines) is 1. The maximum absolute atomic E-state index is 15.2. The molecule has 1 saturated heterocycles. The first kappa shape index (κ1) is 23.5. The first-order valence-electron chi connectivity index (χ1n) is 13.7.